The molecule has 0 heterocycles. The van der Waals surface area contributed by atoms with E-state index in [0.717, 1.165) is 6.42 Å². The molecule has 6 heteroatoms. The van der Waals surface area contributed by atoms with E-state index in [0.29, 0.717) is 12.8 Å². The van der Waals surface area contributed by atoms with Crippen LogP contribution in [0.15, 0.2) is 0 Å². The van der Waals surface area contributed by atoms with Crippen molar-refractivity contribution in [3.63, 3.8) is 0 Å². The van der Waals surface area contributed by atoms with Crippen molar-refractivity contribution in [2.24, 2.45) is 5.41 Å². The summed E-state index contributed by atoms with van der Waals surface area (Å²) in [5, 5.41) is 11.3. The smallest absolute Gasteiger partial charge is 0.319 e. The fourth-order valence-corrected chi connectivity index (χ4v) is 1.55. The van der Waals surface area contributed by atoms with E-state index >= 15 is 0 Å². The fourth-order valence-electron chi connectivity index (χ4n) is 1.55. The van der Waals surface area contributed by atoms with Crippen molar-refractivity contribution < 1.29 is 19.5 Å². The van der Waals surface area contributed by atoms with E-state index in [9.17, 15) is 14.4 Å². The zero-order valence-electron chi connectivity index (χ0n) is 9.45. The number of hydrogen-bond acceptors (Lipinski definition) is 3. The van der Waals surface area contributed by atoms with Crippen LogP contribution >= 0.6 is 0 Å². The molecule has 2 N–H and O–H groups in total. The first-order valence-corrected chi connectivity index (χ1v) is 5.12. The summed E-state index contributed by atoms with van der Waals surface area (Å²) in [5.41, 5.74) is -1.30. The second-order valence-electron chi connectivity index (χ2n) is 4.21. The highest BCUT2D eigenvalue weighted by atomic mass is 16.4. The van der Waals surface area contributed by atoms with Crippen molar-refractivity contribution in [3.05, 3.63) is 0 Å². The topological polar surface area (TPSA) is 86.7 Å². The largest absolute Gasteiger partial charge is 0.480 e. The lowest BCUT2D eigenvalue weighted by Crippen LogP contribution is -2.52. The first-order valence-electron chi connectivity index (χ1n) is 5.12. The van der Waals surface area contributed by atoms with Gasteiger partial charge in [-0.2, -0.15) is 0 Å². The molecule has 0 aliphatic heterocycles. The predicted octanol–water partition coefficient (Wildman–Crippen LogP) is -0.554. The van der Waals surface area contributed by atoms with Crippen molar-refractivity contribution >= 4 is 17.8 Å². The molecule has 0 bridgehead atoms. The molecule has 0 aromatic rings. The number of carbonyl (C=O) groups excluding carboxylic acids is 2. The number of likely N-dealkylation sites (N-methyl/N-ethyl adjacent to an activating group) is 1. The Hall–Kier alpha value is -1.59. The van der Waals surface area contributed by atoms with Gasteiger partial charge in [-0.25, -0.2) is 0 Å². The summed E-state index contributed by atoms with van der Waals surface area (Å²) in [6, 6.07) is 0. The van der Waals surface area contributed by atoms with Gasteiger partial charge in [0.15, 0.2) is 0 Å². The molecule has 0 aromatic carbocycles. The van der Waals surface area contributed by atoms with Gasteiger partial charge in [0, 0.05) is 14.1 Å². The maximum atomic E-state index is 11.7. The second kappa shape index (κ2) is 4.51. The van der Waals surface area contributed by atoms with Gasteiger partial charge in [0.25, 0.3) is 0 Å². The van der Waals surface area contributed by atoms with E-state index in [1.54, 1.807) is 14.1 Å². The van der Waals surface area contributed by atoms with Crippen LogP contribution < -0.4 is 5.32 Å². The Kier molecular flexibility index (Phi) is 3.51. The molecule has 0 atom stereocenters. The van der Waals surface area contributed by atoms with Gasteiger partial charge >= 0.3 is 5.97 Å². The number of aliphatic carboxylic acids is 1. The maximum absolute atomic E-state index is 11.7. The third-order valence-electron chi connectivity index (χ3n) is 2.95. The number of hydrogen-bond donors (Lipinski definition) is 2. The molecule has 1 saturated carbocycles. The summed E-state index contributed by atoms with van der Waals surface area (Å²) in [4.78, 5) is 35.2. The minimum absolute atomic E-state index is 0.152. The molecule has 90 valence electrons. The Morgan fingerprint density at radius 2 is 1.88 bits per heavy atom. The first-order chi connectivity index (χ1) is 7.40. The number of amides is 2. The lowest BCUT2D eigenvalue weighted by Gasteiger charge is -2.35. The molecule has 0 spiro atoms. The number of carboxylic acid groups (broad SMARTS) is 1. The summed E-state index contributed by atoms with van der Waals surface area (Å²) < 4.78 is 0. The van der Waals surface area contributed by atoms with E-state index in [2.05, 4.69) is 5.32 Å². The van der Waals surface area contributed by atoms with Gasteiger partial charge in [0.1, 0.15) is 5.41 Å². The Morgan fingerprint density at radius 3 is 2.19 bits per heavy atom. The lowest BCUT2D eigenvalue weighted by molar-refractivity contribution is -0.162. The Bertz CT molecular complexity index is 321. The van der Waals surface area contributed by atoms with Crippen LogP contribution in [-0.2, 0) is 14.4 Å². The lowest BCUT2D eigenvalue weighted by atomic mass is 9.68. The second-order valence-corrected chi connectivity index (χ2v) is 4.21. The normalized spacial score (nSPS) is 17.1. The number of carbonyl (C=O) groups is 3. The van der Waals surface area contributed by atoms with Crippen LogP contribution in [0.25, 0.3) is 0 Å². The molecule has 0 unspecified atom stereocenters. The van der Waals surface area contributed by atoms with Crippen molar-refractivity contribution in [1.29, 1.82) is 0 Å². The zero-order chi connectivity index (χ0) is 12.3. The SMILES string of the molecule is CN(C)C(=O)CNC(=O)C1(C(=O)O)CCC1. The average Bonchev–Trinajstić information content (AvgIpc) is 2.11. The van der Waals surface area contributed by atoms with Gasteiger partial charge < -0.3 is 15.3 Å². The molecule has 1 aliphatic rings. The quantitative estimate of drug-likeness (QED) is 0.632. The van der Waals surface area contributed by atoms with Gasteiger partial charge in [0.2, 0.25) is 11.8 Å². The molecule has 0 aromatic heterocycles. The van der Waals surface area contributed by atoms with E-state index in [4.69, 9.17) is 5.11 Å². The fraction of sp³-hybridized carbons (Fsp3) is 0.700. The zero-order valence-corrected chi connectivity index (χ0v) is 9.45. The summed E-state index contributed by atoms with van der Waals surface area (Å²) in [7, 11) is 3.15. The van der Waals surface area contributed by atoms with Crippen LogP contribution in [0.4, 0.5) is 0 Å². The molecule has 16 heavy (non-hydrogen) atoms. The highest BCUT2D eigenvalue weighted by Crippen LogP contribution is 2.41. The number of rotatable bonds is 4. The van der Waals surface area contributed by atoms with Crippen molar-refractivity contribution in [1.82, 2.24) is 10.2 Å². The molecule has 1 fully saturated rings. The van der Waals surface area contributed by atoms with Gasteiger partial charge in [-0.05, 0) is 12.8 Å². The standard InChI is InChI=1S/C10H16N2O4/c1-12(2)7(13)6-11-8(14)10(9(15)16)4-3-5-10/h3-6H2,1-2H3,(H,11,14)(H,15,16). The predicted molar refractivity (Wildman–Crippen MR) is 55.6 cm³/mol. The van der Waals surface area contributed by atoms with Crippen LogP contribution in [0.1, 0.15) is 19.3 Å². The van der Waals surface area contributed by atoms with Gasteiger partial charge in [-0.3, -0.25) is 14.4 Å². The van der Waals surface area contributed by atoms with Crippen molar-refractivity contribution in [3.8, 4) is 0 Å². The van der Waals surface area contributed by atoms with Crippen LogP contribution in [0.3, 0.4) is 0 Å². The molecular weight excluding hydrogens is 212 g/mol. The first kappa shape index (κ1) is 12.5. The number of nitrogens with one attached hydrogen (secondary N) is 1. The summed E-state index contributed by atoms with van der Waals surface area (Å²) in [5.74, 6) is -1.91. The minimum Gasteiger partial charge on any atom is -0.480 e. The minimum atomic E-state index is -1.30. The van der Waals surface area contributed by atoms with Gasteiger partial charge in [-0.1, -0.05) is 6.42 Å². The van der Waals surface area contributed by atoms with E-state index in [-0.39, 0.29) is 12.5 Å². The van der Waals surface area contributed by atoms with Crippen LogP contribution in [0.2, 0.25) is 0 Å². The van der Waals surface area contributed by atoms with E-state index in [1.165, 1.54) is 4.90 Å². The van der Waals surface area contributed by atoms with Crippen molar-refractivity contribution in [2.75, 3.05) is 20.6 Å². The van der Waals surface area contributed by atoms with Gasteiger partial charge in [-0.15, -0.1) is 0 Å². The molecule has 0 saturated heterocycles. The molecular formula is C10H16N2O4. The van der Waals surface area contributed by atoms with Gasteiger partial charge in [0.05, 0.1) is 6.54 Å². The average molecular weight is 228 g/mol. The van der Waals surface area contributed by atoms with Crippen LogP contribution in [0.5, 0.6) is 0 Å². The number of carboxylic acids is 1. The Labute approximate surface area is 93.6 Å². The molecule has 1 rings (SSSR count). The summed E-state index contributed by atoms with van der Waals surface area (Å²) >= 11 is 0. The third kappa shape index (κ3) is 2.15. The van der Waals surface area contributed by atoms with Crippen LogP contribution in [-0.4, -0.2) is 48.4 Å². The monoisotopic (exact) mass is 228 g/mol. The molecule has 6 nitrogen and oxygen atoms in total. The highest BCUT2D eigenvalue weighted by Gasteiger charge is 2.51. The number of nitrogens with zero attached hydrogens (tertiary/aromatic N) is 1. The highest BCUT2D eigenvalue weighted by molar-refractivity contribution is 6.03. The third-order valence-corrected chi connectivity index (χ3v) is 2.95. The molecule has 0 radical (unpaired) electrons. The summed E-state index contributed by atoms with van der Waals surface area (Å²) in [6.45, 7) is -0.152. The van der Waals surface area contributed by atoms with E-state index < -0.39 is 17.3 Å². The van der Waals surface area contributed by atoms with Crippen LogP contribution in [0, 0.1) is 5.41 Å². The Morgan fingerprint density at radius 1 is 1.31 bits per heavy atom. The van der Waals surface area contributed by atoms with Crippen molar-refractivity contribution in [2.45, 2.75) is 19.3 Å². The van der Waals surface area contributed by atoms with E-state index in [1.807, 2.05) is 0 Å². The summed E-state index contributed by atoms with van der Waals surface area (Å²) in [6.07, 6.45) is 1.44. The Balaban J connectivity index is 2.52. The maximum Gasteiger partial charge on any atom is 0.319 e. The molecule has 1 aliphatic carbocycles. The molecule has 2 amide bonds.